The van der Waals surface area contributed by atoms with E-state index in [1.54, 1.807) is 36.1 Å². The summed E-state index contributed by atoms with van der Waals surface area (Å²) in [5.41, 5.74) is 2.12. The standard InChI is InChI=1S/C20H19ClFN3O3/c1-13(20(27)23-9-15-10-24-28-12-15)25(11-14-3-2-4-17(26)7-14)16-5-6-19(22)18(21)8-16/h2-8,10,12-13,26H,9,11H2,1H3,(H,23,27). The summed E-state index contributed by atoms with van der Waals surface area (Å²) in [6.45, 7) is 2.33. The summed E-state index contributed by atoms with van der Waals surface area (Å²) in [5, 5.41) is 16.1. The first kappa shape index (κ1) is 19.7. The number of aromatic hydroxyl groups is 1. The van der Waals surface area contributed by atoms with E-state index in [-0.39, 0.29) is 23.2 Å². The molecule has 146 valence electrons. The molecule has 2 N–H and O–H groups in total. The van der Waals surface area contributed by atoms with Crippen molar-refractivity contribution in [1.82, 2.24) is 10.5 Å². The van der Waals surface area contributed by atoms with Crippen LogP contribution in [0.3, 0.4) is 0 Å². The van der Waals surface area contributed by atoms with E-state index in [0.717, 1.165) is 11.1 Å². The quantitative estimate of drug-likeness (QED) is 0.625. The lowest BCUT2D eigenvalue weighted by Gasteiger charge is -2.31. The third-order valence-corrected chi connectivity index (χ3v) is 4.59. The molecule has 0 radical (unpaired) electrons. The molecule has 0 fully saturated rings. The monoisotopic (exact) mass is 403 g/mol. The molecule has 0 aliphatic carbocycles. The molecule has 6 nitrogen and oxygen atoms in total. The van der Waals surface area contributed by atoms with Crippen LogP contribution in [0.4, 0.5) is 10.1 Å². The molecular formula is C20H19ClFN3O3. The summed E-state index contributed by atoms with van der Waals surface area (Å²) in [6.07, 6.45) is 2.98. The van der Waals surface area contributed by atoms with Crippen molar-refractivity contribution < 1.29 is 18.8 Å². The van der Waals surface area contributed by atoms with Gasteiger partial charge in [-0.1, -0.05) is 28.9 Å². The number of carbonyl (C=O) groups excluding carboxylic acids is 1. The van der Waals surface area contributed by atoms with Gasteiger partial charge in [-0.3, -0.25) is 4.79 Å². The van der Waals surface area contributed by atoms with Gasteiger partial charge in [-0.25, -0.2) is 4.39 Å². The lowest BCUT2D eigenvalue weighted by atomic mass is 10.1. The van der Waals surface area contributed by atoms with Crippen LogP contribution in [0.2, 0.25) is 5.02 Å². The fraction of sp³-hybridized carbons (Fsp3) is 0.200. The van der Waals surface area contributed by atoms with E-state index in [2.05, 4.69) is 10.5 Å². The Kier molecular flexibility index (Phi) is 6.16. The van der Waals surface area contributed by atoms with Gasteiger partial charge in [0.15, 0.2) is 0 Å². The summed E-state index contributed by atoms with van der Waals surface area (Å²) >= 11 is 5.94. The predicted octanol–water partition coefficient (Wildman–Crippen LogP) is 3.88. The zero-order valence-electron chi connectivity index (χ0n) is 15.1. The van der Waals surface area contributed by atoms with Crippen LogP contribution < -0.4 is 10.2 Å². The van der Waals surface area contributed by atoms with Gasteiger partial charge in [-0.15, -0.1) is 0 Å². The number of hydrogen-bond donors (Lipinski definition) is 2. The zero-order valence-corrected chi connectivity index (χ0v) is 15.9. The normalized spacial score (nSPS) is 11.8. The van der Waals surface area contributed by atoms with Crippen LogP contribution in [-0.4, -0.2) is 22.2 Å². The van der Waals surface area contributed by atoms with Crippen molar-refractivity contribution in [2.24, 2.45) is 0 Å². The average Bonchev–Trinajstić information content (AvgIpc) is 3.19. The number of phenols is 1. The maximum atomic E-state index is 13.6. The second kappa shape index (κ2) is 8.75. The van der Waals surface area contributed by atoms with E-state index in [4.69, 9.17) is 16.1 Å². The molecule has 1 heterocycles. The van der Waals surface area contributed by atoms with Gasteiger partial charge < -0.3 is 19.8 Å². The van der Waals surface area contributed by atoms with E-state index in [1.165, 1.54) is 24.6 Å². The number of carbonyl (C=O) groups is 1. The Hall–Kier alpha value is -3.06. The third kappa shape index (κ3) is 4.80. The molecule has 28 heavy (non-hydrogen) atoms. The Labute approximate surface area is 166 Å². The summed E-state index contributed by atoms with van der Waals surface area (Å²) in [7, 11) is 0. The van der Waals surface area contributed by atoms with Gasteiger partial charge in [0, 0.05) is 24.3 Å². The van der Waals surface area contributed by atoms with E-state index in [0.29, 0.717) is 12.2 Å². The van der Waals surface area contributed by atoms with E-state index >= 15 is 0 Å². The highest BCUT2D eigenvalue weighted by molar-refractivity contribution is 6.31. The minimum Gasteiger partial charge on any atom is -0.508 e. The highest BCUT2D eigenvalue weighted by atomic mass is 35.5. The molecule has 1 amide bonds. The van der Waals surface area contributed by atoms with E-state index < -0.39 is 11.9 Å². The number of hydrogen-bond acceptors (Lipinski definition) is 5. The van der Waals surface area contributed by atoms with Crippen molar-refractivity contribution in [1.29, 1.82) is 0 Å². The van der Waals surface area contributed by atoms with Gasteiger partial charge in [0.1, 0.15) is 23.9 Å². The molecule has 0 saturated carbocycles. The molecule has 0 bridgehead atoms. The van der Waals surface area contributed by atoms with Gasteiger partial charge in [-0.2, -0.15) is 0 Å². The number of aromatic nitrogens is 1. The molecular weight excluding hydrogens is 385 g/mol. The first-order valence-corrected chi connectivity index (χ1v) is 8.97. The lowest BCUT2D eigenvalue weighted by molar-refractivity contribution is -0.122. The van der Waals surface area contributed by atoms with Crippen molar-refractivity contribution in [3.05, 3.63) is 76.9 Å². The zero-order chi connectivity index (χ0) is 20.1. The van der Waals surface area contributed by atoms with Crippen LogP contribution in [0.1, 0.15) is 18.1 Å². The van der Waals surface area contributed by atoms with Crippen molar-refractivity contribution in [3.8, 4) is 5.75 Å². The second-order valence-corrected chi connectivity index (χ2v) is 6.73. The van der Waals surface area contributed by atoms with Crippen molar-refractivity contribution in [2.45, 2.75) is 26.1 Å². The maximum Gasteiger partial charge on any atom is 0.242 e. The van der Waals surface area contributed by atoms with E-state index in [9.17, 15) is 14.3 Å². The number of rotatable bonds is 7. The fourth-order valence-electron chi connectivity index (χ4n) is 2.76. The van der Waals surface area contributed by atoms with Crippen LogP contribution in [0.5, 0.6) is 5.75 Å². The van der Waals surface area contributed by atoms with Gasteiger partial charge in [-0.05, 0) is 42.8 Å². The number of phenolic OH excluding ortho intramolecular Hbond substituents is 1. The second-order valence-electron chi connectivity index (χ2n) is 6.32. The highest BCUT2D eigenvalue weighted by Crippen LogP contribution is 2.26. The molecule has 0 saturated heterocycles. The minimum atomic E-state index is -0.594. The van der Waals surface area contributed by atoms with Crippen molar-refractivity contribution in [2.75, 3.05) is 4.90 Å². The number of amides is 1. The Balaban J connectivity index is 1.83. The largest absolute Gasteiger partial charge is 0.508 e. The molecule has 1 aromatic heterocycles. The highest BCUT2D eigenvalue weighted by Gasteiger charge is 2.23. The number of nitrogens with zero attached hydrogens (tertiary/aromatic N) is 2. The molecule has 8 heteroatoms. The maximum absolute atomic E-state index is 13.6. The van der Waals surface area contributed by atoms with Gasteiger partial charge >= 0.3 is 0 Å². The summed E-state index contributed by atoms with van der Waals surface area (Å²) < 4.78 is 18.4. The number of halogens is 2. The summed E-state index contributed by atoms with van der Waals surface area (Å²) in [4.78, 5) is 14.5. The molecule has 2 aromatic carbocycles. The van der Waals surface area contributed by atoms with Gasteiger partial charge in [0.25, 0.3) is 0 Å². The van der Waals surface area contributed by atoms with Crippen molar-refractivity contribution in [3.63, 3.8) is 0 Å². The van der Waals surface area contributed by atoms with Gasteiger partial charge in [0.2, 0.25) is 5.91 Å². The third-order valence-electron chi connectivity index (χ3n) is 4.30. The first-order valence-electron chi connectivity index (χ1n) is 8.59. The Morgan fingerprint density at radius 1 is 1.32 bits per heavy atom. The molecule has 1 unspecified atom stereocenters. The lowest BCUT2D eigenvalue weighted by Crippen LogP contribution is -2.44. The Bertz CT molecular complexity index is 950. The molecule has 0 spiro atoms. The molecule has 0 aliphatic heterocycles. The van der Waals surface area contributed by atoms with Gasteiger partial charge in [0.05, 0.1) is 11.2 Å². The van der Waals surface area contributed by atoms with Crippen LogP contribution in [0.25, 0.3) is 0 Å². The number of nitrogens with one attached hydrogen (secondary N) is 1. The van der Waals surface area contributed by atoms with E-state index in [1.807, 2.05) is 6.07 Å². The Morgan fingerprint density at radius 2 is 2.14 bits per heavy atom. The van der Waals surface area contributed by atoms with Crippen molar-refractivity contribution >= 4 is 23.2 Å². The fourth-order valence-corrected chi connectivity index (χ4v) is 2.93. The predicted molar refractivity (Wildman–Crippen MR) is 104 cm³/mol. The molecule has 3 aromatic rings. The first-order chi connectivity index (χ1) is 13.4. The van der Waals surface area contributed by atoms with Crippen LogP contribution in [0.15, 0.2) is 59.4 Å². The van der Waals surface area contributed by atoms with Crippen LogP contribution in [-0.2, 0) is 17.9 Å². The summed E-state index contributed by atoms with van der Waals surface area (Å²) in [5.74, 6) is -0.645. The Morgan fingerprint density at radius 3 is 2.82 bits per heavy atom. The number of benzene rings is 2. The smallest absolute Gasteiger partial charge is 0.242 e. The molecule has 1 atom stereocenters. The molecule has 0 aliphatic rings. The molecule has 3 rings (SSSR count). The average molecular weight is 404 g/mol. The SMILES string of the molecule is CC(C(=O)NCc1cnoc1)N(Cc1cccc(O)c1)c1ccc(F)c(Cl)c1. The number of anilines is 1. The minimum absolute atomic E-state index is 0.0320. The van der Waals surface area contributed by atoms with Crippen LogP contribution >= 0.6 is 11.6 Å². The topological polar surface area (TPSA) is 78.6 Å². The van der Waals surface area contributed by atoms with Crippen LogP contribution in [0, 0.1) is 5.82 Å². The summed E-state index contributed by atoms with van der Waals surface area (Å²) in [6, 6.07) is 10.4.